The molecule has 2 aliphatic heterocycles. The van der Waals surface area contributed by atoms with Crippen LogP contribution in [0.3, 0.4) is 0 Å². The lowest BCUT2D eigenvalue weighted by atomic mass is 10.3. The number of nitrogens with one attached hydrogen (secondary N) is 1. The number of carbonyl (C=O) groups is 2. The third-order valence-electron chi connectivity index (χ3n) is 4.58. The largest absolute Gasteiger partial charge is 0.329 e. The van der Waals surface area contributed by atoms with E-state index in [4.69, 9.17) is 11.6 Å². The summed E-state index contributed by atoms with van der Waals surface area (Å²) in [6.45, 7) is 3.12. The van der Waals surface area contributed by atoms with Crippen LogP contribution in [0, 0.1) is 0 Å². The van der Waals surface area contributed by atoms with E-state index in [0.29, 0.717) is 45.7 Å². The molecule has 2 heterocycles. The van der Waals surface area contributed by atoms with E-state index in [1.54, 1.807) is 18.2 Å². The zero-order chi connectivity index (χ0) is 18.7. The van der Waals surface area contributed by atoms with E-state index >= 15 is 0 Å². The van der Waals surface area contributed by atoms with E-state index in [2.05, 4.69) is 10.2 Å². The Kier molecular flexibility index (Phi) is 5.81. The maximum Gasteiger partial charge on any atom is 0.324 e. The van der Waals surface area contributed by atoms with Crippen LogP contribution in [0.15, 0.2) is 29.2 Å². The summed E-state index contributed by atoms with van der Waals surface area (Å²) >= 11 is 6.03. The minimum atomic E-state index is -3.60. The van der Waals surface area contributed by atoms with Gasteiger partial charge in [-0.15, -0.1) is 0 Å². The number of sulfonamides is 1. The Morgan fingerprint density at radius 3 is 2.35 bits per heavy atom. The highest BCUT2D eigenvalue weighted by molar-refractivity contribution is 7.89. The minimum Gasteiger partial charge on any atom is -0.329 e. The van der Waals surface area contributed by atoms with Gasteiger partial charge in [-0.3, -0.25) is 9.69 Å². The van der Waals surface area contributed by atoms with Crippen LogP contribution in [0.4, 0.5) is 4.79 Å². The standard InChI is InChI=1S/C16H21ClN4O4S/c17-13-4-1-2-5-14(13)26(24,25)20-10-8-19(9-11-20)6-3-7-21-15(22)12-18-16(21)23/h1-2,4-5H,3,6-12H2,(H,18,23). The van der Waals surface area contributed by atoms with E-state index in [1.807, 2.05) is 0 Å². The second-order valence-corrected chi connectivity index (χ2v) is 8.55. The summed E-state index contributed by atoms with van der Waals surface area (Å²) < 4.78 is 26.9. The molecule has 0 saturated carbocycles. The first-order chi connectivity index (χ1) is 12.4. The fourth-order valence-electron chi connectivity index (χ4n) is 3.12. The van der Waals surface area contributed by atoms with Crippen LogP contribution in [-0.4, -0.2) is 80.3 Å². The summed E-state index contributed by atoms with van der Waals surface area (Å²) in [5.74, 6) is -0.203. The molecule has 0 aromatic heterocycles. The SMILES string of the molecule is O=C1CNC(=O)N1CCCN1CCN(S(=O)(=O)c2ccccc2Cl)CC1. The summed E-state index contributed by atoms with van der Waals surface area (Å²) in [7, 11) is -3.60. The fourth-order valence-corrected chi connectivity index (χ4v) is 5.04. The molecule has 0 bridgehead atoms. The molecule has 0 aliphatic carbocycles. The van der Waals surface area contributed by atoms with Crippen molar-refractivity contribution < 1.29 is 18.0 Å². The van der Waals surface area contributed by atoms with Crippen molar-refractivity contribution in [2.24, 2.45) is 0 Å². The fraction of sp³-hybridized carbons (Fsp3) is 0.500. The number of nitrogens with zero attached hydrogens (tertiary/aromatic N) is 3. The Balaban J connectivity index is 1.49. The molecule has 1 aromatic carbocycles. The maximum atomic E-state index is 12.7. The van der Waals surface area contributed by atoms with Crippen molar-refractivity contribution in [3.05, 3.63) is 29.3 Å². The van der Waals surface area contributed by atoms with Crippen LogP contribution in [-0.2, 0) is 14.8 Å². The summed E-state index contributed by atoms with van der Waals surface area (Å²) in [6, 6.07) is 6.10. The molecule has 26 heavy (non-hydrogen) atoms. The highest BCUT2D eigenvalue weighted by Crippen LogP contribution is 2.25. The van der Waals surface area contributed by atoms with E-state index in [1.165, 1.54) is 15.3 Å². The first-order valence-corrected chi connectivity index (χ1v) is 10.3. The monoisotopic (exact) mass is 400 g/mol. The second kappa shape index (κ2) is 7.91. The van der Waals surface area contributed by atoms with Gasteiger partial charge >= 0.3 is 6.03 Å². The molecule has 0 radical (unpaired) electrons. The number of halogens is 1. The molecule has 2 saturated heterocycles. The molecule has 1 N–H and O–H groups in total. The number of hydrogen-bond donors (Lipinski definition) is 1. The molecule has 1 aromatic rings. The number of hydrogen-bond acceptors (Lipinski definition) is 5. The van der Waals surface area contributed by atoms with Gasteiger partial charge in [0, 0.05) is 32.7 Å². The van der Waals surface area contributed by atoms with Gasteiger partial charge in [-0.05, 0) is 25.1 Å². The molecule has 0 atom stereocenters. The first-order valence-electron chi connectivity index (χ1n) is 8.45. The third-order valence-corrected chi connectivity index (χ3v) is 6.98. The van der Waals surface area contributed by atoms with Crippen molar-refractivity contribution >= 4 is 33.6 Å². The van der Waals surface area contributed by atoms with Crippen LogP contribution in [0.2, 0.25) is 5.02 Å². The quantitative estimate of drug-likeness (QED) is 0.706. The number of imide groups is 1. The van der Waals surface area contributed by atoms with Crippen molar-refractivity contribution in [2.75, 3.05) is 45.8 Å². The summed E-state index contributed by atoms with van der Waals surface area (Å²) in [5, 5.41) is 2.72. The summed E-state index contributed by atoms with van der Waals surface area (Å²) in [6.07, 6.45) is 0.663. The Morgan fingerprint density at radius 1 is 1.04 bits per heavy atom. The average Bonchev–Trinajstić information content (AvgIpc) is 2.94. The lowest BCUT2D eigenvalue weighted by Crippen LogP contribution is -2.49. The smallest absolute Gasteiger partial charge is 0.324 e. The Labute approximate surface area is 157 Å². The molecule has 10 heteroatoms. The molecule has 0 unspecified atom stereocenters. The lowest BCUT2D eigenvalue weighted by Gasteiger charge is -2.34. The molecule has 8 nitrogen and oxygen atoms in total. The van der Waals surface area contributed by atoms with Crippen LogP contribution >= 0.6 is 11.6 Å². The molecule has 2 fully saturated rings. The molecular weight excluding hydrogens is 380 g/mol. The number of benzene rings is 1. The predicted molar refractivity (Wildman–Crippen MR) is 96.4 cm³/mol. The van der Waals surface area contributed by atoms with Crippen molar-refractivity contribution in [1.29, 1.82) is 0 Å². The highest BCUT2D eigenvalue weighted by atomic mass is 35.5. The van der Waals surface area contributed by atoms with Gasteiger partial charge in [-0.25, -0.2) is 13.2 Å². The van der Waals surface area contributed by atoms with E-state index in [9.17, 15) is 18.0 Å². The summed E-state index contributed by atoms with van der Waals surface area (Å²) in [4.78, 5) is 26.5. The molecular formula is C16H21ClN4O4S. The van der Waals surface area contributed by atoms with Gasteiger partial charge in [-0.1, -0.05) is 23.7 Å². The zero-order valence-electron chi connectivity index (χ0n) is 14.2. The van der Waals surface area contributed by atoms with Gasteiger partial charge in [0.2, 0.25) is 15.9 Å². The van der Waals surface area contributed by atoms with Gasteiger partial charge in [0.05, 0.1) is 11.6 Å². The first kappa shape index (κ1) is 19.1. The van der Waals surface area contributed by atoms with Crippen molar-refractivity contribution in [1.82, 2.24) is 19.4 Å². The number of carbonyl (C=O) groups excluding carboxylic acids is 2. The molecule has 0 spiro atoms. The Bertz CT molecular complexity index is 777. The van der Waals surface area contributed by atoms with E-state index in [0.717, 1.165) is 0 Å². The maximum absolute atomic E-state index is 12.7. The molecule has 2 aliphatic rings. The summed E-state index contributed by atoms with van der Waals surface area (Å²) in [5.41, 5.74) is 0. The van der Waals surface area contributed by atoms with Gasteiger partial charge in [-0.2, -0.15) is 4.31 Å². The predicted octanol–water partition coefficient (Wildman–Crippen LogP) is 0.588. The van der Waals surface area contributed by atoms with Gasteiger partial charge < -0.3 is 10.2 Å². The molecule has 3 rings (SSSR count). The Hall–Kier alpha value is -1.68. The number of urea groups is 1. The lowest BCUT2D eigenvalue weighted by molar-refractivity contribution is -0.125. The van der Waals surface area contributed by atoms with E-state index in [-0.39, 0.29) is 28.4 Å². The van der Waals surface area contributed by atoms with Crippen LogP contribution < -0.4 is 5.32 Å². The van der Waals surface area contributed by atoms with Crippen molar-refractivity contribution in [3.63, 3.8) is 0 Å². The average molecular weight is 401 g/mol. The van der Waals surface area contributed by atoms with Gasteiger partial charge in [0.25, 0.3) is 0 Å². The molecule has 3 amide bonds. The van der Waals surface area contributed by atoms with Crippen LogP contribution in [0.1, 0.15) is 6.42 Å². The van der Waals surface area contributed by atoms with Gasteiger partial charge in [0.1, 0.15) is 4.90 Å². The molecule has 142 valence electrons. The van der Waals surface area contributed by atoms with Crippen molar-refractivity contribution in [3.8, 4) is 0 Å². The topological polar surface area (TPSA) is 90.0 Å². The van der Waals surface area contributed by atoms with Gasteiger partial charge in [0.15, 0.2) is 0 Å². The van der Waals surface area contributed by atoms with E-state index < -0.39 is 10.0 Å². The number of rotatable bonds is 6. The van der Waals surface area contributed by atoms with Crippen LogP contribution in [0.5, 0.6) is 0 Å². The van der Waals surface area contributed by atoms with Crippen LogP contribution in [0.25, 0.3) is 0 Å². The Morgan fingerprint density at radius 2 is 1.73 bits per heavy atom. The highest BCUT2D eigenvalue weighted by Gasteiger charge is 2.31. The normalized spacial score (nSPS) is 19.8. The third kappa shape index (κ3) is 4.01. The van der Waals surface area contributed by atoms with Crippen molar-refractivity contribution in [2.45, 2.75) is 11.3 Å². The number of amides is 3. The zero-order valence-corrected chi connectivity index (χ0v) is 15.8. The second-order valence-electron chi connectivity index (χ2n) is 6.23. The number of piperazine rings is 1. The minimum absolute atomic E-state index is 0.0669.